The zero-order valence-corrected chi connectivity index (χ0v) is 14.6. The van der Waals surface area contributed by atoms with Gasteiger partial charge in [-0.2, -0.15) is 10.4 Å². The molecule has 5 heteroatoms. The molecule has 0 amide bonds. The van der Waals surface area contributed by atoms with Crippen LogP contribution in [0.25, 0.3) is 0 Å². The fraction of sp³-hybridized carbons (Fsp3) is 0.136. The lowest BCUT2D eigenvalue weighted by molar-refractivity contribution is 0.677. The van der Waals surface area contributed by atoms with Gasteiger partial charge in [0.15, 0.2) is 0 Å². The van der Waals surface area contributed by atoms with E-state index >= 15 is 0 Å². The van der Waals surface area contributed by atoms with Gasteiger partial charge in [-0.15, -0.1) is 0 Å². The standard InChI is InChI=1S/C22H18N4O/c23-14-17-11-19-20(24-22(17)27)12-16(15-7-3-1-4-8-15)13-21(19)26-25-18-9-5-2-6-10-18/h1-11,16,25H,12-13H2,(H,24,27)/b26-21+/t16-/m0/s1. The van der Waals surface area contributed by atoms with Crippen molar-refractivity contribution in [1.29, 1.82) is 5.26 Å². The van der Waals surface area contributed by atoms with Crippen molar-refractivity contribution in [2.24, 2.45) is 5.10 Å². The molecule has 0 saturated carbocycles. The fourth-order valence-corrected chi connectivity index (χ4v) is 3.44. The Bertz CT molecular complexity index is 1080. The average Bonchev–Trinajstić information content (AvgIpc) is 2.72. The molecule has 3 aromatic rings. The third-order valence-electron chi connectivity index (χ3n) is 4.81. The monoisotopic (exact) mass is 354 g/mol. The van der Waals surface area contributed by atoms with Crippen molar-refractivity contribution in [1.82, 2.24) is 4.98 Å². The van der Waals surface area contributed by atoms with Crippen LogP contribution in [0.3, 0.4) is 0 Å². The molecule has 1 aliphatic carbocycles. The highest BCUT2D eigenvalue weighted by Gasteiger charge is 2.26. The Morgan fingerprint density at radius 1 is 1.04 bits per heavy atom. The van der Waals surface area contributed by atoms with Gasteiger partial charge in [-0.05, 0) is 42.5 Å². The van der Waals surface area contributed by atoms with E-state index in [1.165, 1.54) is 5.56 Å². The maximum absolute atomic E-state index is 12.1. The number of benzene rings is 2. The van der Waals surface area contributed by atoms with Crippen molar-refractivity contribution < 1.29 is 0 Å². The number of hydrazone groups is 1. The van der Waals surface area contributed by atoms with E-state index in [4.69, 9.17) is 0 Å². The third-order valence-corrected chi connectivity index (χ3v) is 4.81. The number of H-pyrrole nitrogens is 1. The number of nitriles is 1. The van der Waals surface area contributed by atoms with E-state index in [1.807, 2.05) is 54.6 Å². The minimum absolute atomic E-state index is 0.110. The second kappa shape index (κ2) is 7.30. The Kier molecular flexibility index (Phi) is 4.54. The number of anilines is 1. The summed E-state index contributed by atoms with van der Waals surface area (Å²) in [5.41, 5.74) is 7.45. The van der Waals surface area contributed by atoms with Gasteiger partial charge in [-0.3, -0.25) is 10.2 Å². The van der Waals surface area contributed by atoms with Crippen LogP contribution in [0.2, 0.25) is 0 Å². The van der Waals surface area contributed by atoms with E-state index in [9.17, 15) is 10.1 Å². The zero-order chi connectivity index (χ0) is 18.6. The number of rotatable bonds is 3. The van der Waals surface area contributed by atoms with E-state index in [-0.39, 0.29) is 17.0 Å². The molecular weight excluding hydrogens is 336 g/mol. The van der Waals surface area contributed by atoms with E-state index in [0.29, 0.717) is 6.42 Å². The smallest absolute Gasteiger partial charge is 0.266 e. The summed E-state index contributed by atoms with van der Waals surface area (Å²) in [5, 5.41) is 13.8. The van der Waals surface area contributed by atoms with Gasteiger partial charge in [-0.1, -0.05) is 48.5 Å². The molecule has 1 aromatic heterocycles. The van der Waals surface area contributed by atoms with Crippen molar-refractivity contribution in [3.05, 3.63) is 99.5 Å². The molecular formula is C22H18N4O. The molecule has 132 valence electrons. The van der Waals surface area contributed by atoms with Crippen LogP contribution in [0.15, 0.2) is 76.6 Å². The normalized spacial score (nSPS) is 17.1. The average molecular weight is 354 g/mol. The highest BCUT2D eigenvalue weighted by Crippen LogP contribution is 2.32. The lowest BCUT2D eigenvalue weighted by atomic mass is 9.81. The number of aromatic nitrogens is 1. The lowest BCUT2D eigenvalue weighted by Crippen LogP contribution is -2.26. The summed E-state index contributed by atoms with van der Waals surface area (Å²) in [7, 11) is 0. The molecule has 1 heterocycles. The minimum atomic E-state index is -0.347. The highest BCUT2D eigenvalue weighted by molar-refractivity contribution is 6.03. The van der Waals surface area contributed by atoms with Crippen LogP contribution >= 0.6 is 0 Å². The molecule has 0 unspecified atom stereocenters. The van der Waals surface area contributed by atoms with Crippen LogP contribution in [0, 0.1) is 11.3 Å². The first kappa shape index (κ1) is 16.8. The Hall–Kier alpha value is -3.65. The third kappa shape index (κ3) is 3.51. The Morgan fingerprint density at radius 2 is 1.74 bits per heavy atom. The first-order chi connectivity index (χ1) is 13.2. The fourth-order valence-electron chi connectivity index (χ4n) is 3.44. The van der Waals surface area contributed by atoms with E-state index in [1.54, 1.807) is 6.07 Å². The van der Waals surface area contributed by atoms with Gasteiger partial charge in [0.05, 0.1) is 11.4 Å². The van der Waals surface area contributed by atoms with Gasteiger partial charge >= 0.3 is 0 Å². The van der Waals surface area contributed by atoms with Crippen LogP contribution in [-0.2, 0) is 6.42 Å². The van der Waals surface area contributed by atoms with Crippen LogP contribution in [0.5, 0.6) is 0 Å². The molecule has 0 radical (unpaired) electrons. The largest absolute Gasteiger partial charge is 0.324 e. The Labute approximate surface area is 157 Å². The molecule has 0 fully saturated rings. The molecule has 0 aliphatic heterocycles. The van der Waals surface area contributed by atoms with E-state index < -0.39 is 0 Å². The van der Waals surface area contributed by atoms with Crippen molar-refractivity contribution in [3.8, 4) is 6.07 Å². The van der Waals surface area contributed by atoms with E-state index in [2.05, 4.69) is 27.6 Å². The van der Waals surface area contributed by atoms with Gasteiger partial charge in [0.1, 0.15) is 11.6 Å². The quantitative estimate of drug-likeness (QED) is 0.702. The molecule has 0 spiro atoms. The highest BCUT2D eigenvalue weighted by atomic mass is 16.1. The summed E-state index contributed by atoms with van der Waals surface area (Å²) in [6.45, 7) is 0. The zero-order valence-electron chi connectivity index (χ0n) is 14.6. The van der Waals surface area contributed by atoms with Gasteiger partial charge in [0, 0.05) is 11.3 Å². The molecule has 5 nitrogen and oxygen atoms in total. The molecule has 4 rings (SSSR count). The SMILES string of the molecule is N#Cc1cc2c([nH]c1=O)C[C@H](c1ccccc1)C/C2=N\Nc1ccccc1. The number of hydrogen-bond acceptors (Lipinski definition) is 4. The molecule has 27 heavy (non-hydrogen) atoms. The summed E-state index contributed by atoms with van der Waals surface area (Å²) in [4.78, 5) is 15.0. The number of nitrogens with one attached hydrogen (secondary N) is 2. The number of nitrogens with zero attached hydrogens (tertiary/aromatic N) is 2. The van der Waals surface area contributed by atoms with Crippen molar-refractivity contribution in [2.75, 3.05) is 5.43 Å². The van der Waals surface area contributed by atoms with Crippen molar-refractivity contribution >= 4 is 11.4 Å². The molecule has 1 aliphatic rings. The second-order valence-electron chi connectivity index (χ2n) is 6.57. The molecule has 2 aromatic carbocycles. The predicted octanol–water partition coefficient (Wildman–Crippen LogP) is 3.79. The predicted molar refractivity (Wildman–Crippen MR) is 106 cm³/mol. The summed E-state index contributed by atoms with van der Waals surface area (Å²) in [6, 6.07) is 23.6. The van der Waals surface area contributed by atoms with Crippen molar-refractivity contribution in [3.63, 3.8) is 0 Å². The molecule has 2 N–H and O–H groups in total. The van der Waals surface area contributed by atoms with Crippen LogP contribution < -0.4 is 11.0 Å². The number of fused-ring (bicyclic) bond motifs is 1. The summed E-state index contributed by atoms with van der Waals surface area (Å²) >= 11 is 0. The summed E-state index contributed by atoms with van der Waals surface area (Å²) < 4.78 is 0. The number of hydrogen-bond donors (Lipinski definition) is 2. The summed E-state index contributed by atoms with van der Waals surface area (Å²) in [6.07, 6.45) is 1.44. The van der Waals surface area contributed by atoms with Gasteiger partial charge in [0.25, 0.3) is 5.56 Å². The molecule has 0 bridgehead atoms. The maximum atomic E-state index is 12.1. The number of pyridine rings is 1. The maximum Gasteiger partial charge on any atom is 0.266 e. The first-order valence-electron chi connectivity index (χ1n) is 8.84. The number of para-hydroxylation sites is 1. The molecule has 1 atom stereocenters. The topological polar surface area (TPSA) is 81.0 Å². The minimum Gasteiger partial charge on any atom is -0.324 e. The van der Waals surface area contributed by atoms with Crippen LogP contribution in [-0.4, -0.2) is 10.7 Å². The summed E-state index contributed by atoms with van der Waals surface area (Å²) in [5.74, 6) is 0.221. The van der Waals surface area contributed by atoms with Crippen molar-refractivity contribution in [2.45, 2.75) is 18.8 Å². The van der Waals surface area contributed by atoms with Crippen LogP contribution in [0.4, 0.5) is 5.69 Å². The van der Waals surface area contributed by atoms with Gasteiger partial charge < -0.3 is 4.98 Å². The lowest BCUT2D eigenvalue weighted by Gasteiger charge is -2.26. The second-order valence-corrected chi connectivity index (χ2v) is 6.57. The van der Waals surface area contributed by atoms with Crippen LogP contribution in [0.1, 0.15) is 34.7 Å². The first-order valence-corrected chi connectivity index (χ1v) is 8.84. The van der Waals surface area contributed by atoms with E-state index in [0.717, 1.165) is 29.1 Å². The Balaban J connectivity index is 1.76. The van der Waals surface area contributed by atoms with Gasteiger partial charge in [0.2, 0.25) is 0 Å². The van der Waals surface area contributed by atoms with Gasteiger partial charge in [-0.25, -0.2) is 0 Å². The molecule has 0 saturated heterocycles. The number of aromatic amines is 1. The Morgan fingerprint density at radius 3 is 2.44 bits per heavy atom.